The normalized spacial score (nSPS) is 18.2. The Morgan fingerprint density at radius 2 is 2.25 bits per heavy atom. The van der Waals surface area contributed by atoms with E-state index in [1.54, 1.807) is 10.7 Å². The number of aromatic nitrogens is 5. The predicted molar refractivity (Wildman–Crippen MR) is 88.9 cm³/mol. The quantitative estimate of drug-likeness (QED) is 0.783. The molecule has 1 atom stereocenters. The summed E-state index contributed by atoms with van der Waals surface area (Å²) >= 11 is 0. The number of hydrogen-bond donors (Lipinski definition) is 1. The SMILES string of the molecule is Cc1ccn2ncc(C(=O)N3CCC[C@@H](c4cc(C)[nH]n4)C3)c2n1. The van der Waals surface area contributed by atoms with Gasteiger partial charge in [0.15, 0.2) is 5.65 Å². The van der Waals surface area contributed by atoms with Crippen LogP contribution in [0.4, 0.5) is 0 Å². The van der Waals surface area contributed by atoms with Crippen LogP contribution in [0.5, 0.6) is 0 Å². The third-order valence-electron chi connectivity index (χ3n) is 4.59. The molecule has 3 aromatic heterocycles. The summed E-state index contributed by atoms with van der Waals surface area (Å²) in [4.78, 5) is 19.3. The highest BCUT2D eigenvalue weighted by Gasteiger charge is 2.28. The van der Waals surface area contributed by atoms with Gasteiger partial charge in [-0.2, -0.15) is 10.2 Å². The Bertz CT molecular complexity index is 896. The van der Waals surface area contributed by atoms with Crippen molar-refractivity contribution in [3.8, 4) is 0 Å². The van der Waals surface area contributed by atoms with E-state index in [9.17, 15) is 4.79 Å². The molecule has 24 heavy (non-hydrogen) atoms. The number of rotatable bonds is 2. The minimum absolute atomic E-state index is 0.0000534. The number of amides is 1. The molecule has 1 saturated heterocycles. The Kier molecular flexibility index (Phi) is 3.55. The molecule has 0 aliphatic carbocycles. The first-order valence-electron chi connectivity index (χ1n) is 8.24. The van der Waals surface area contributed by atoms with Gasteiger partial charge in [-0.05, 0) is 38.8 Å². The van der Waals surface area contributed by atoms with Crippen LogP contribution in [0, 0.1) is 13.8 Å². The molecule has 1 N–H and O–H groups in total. The molecule has 0 bridgehead atoms. The number of piperidine rings is 1. The van der Waals surface area contributed by atoms with E-state index in [2.05, 4.69) is 26.3 Å². The highest BCUT2D eigenvalue weighted by atomic mass is 16.2. The zero-order chi connectivity index (χ0) is 16.7. The van der Waals surface area contributed by atoms with Gasteiger partial charge in [-0.3, -0.25) is 9.89 Å². The standard InChI is InChI=1S/C17H20N6O/c1-11-5-7-23-16(19-11)14(9-18-23)17(24)22-6-3-4-13(10-22)15-8-12(2)20-21-15/h5,7-9,13H,3-4,6,10H2,1-2H3,(H,20,21)/t13-/m1/s1. The van der Waals surface area contributed by atoms with Crippen molar-refractivity contribution >= 4 is 11.6 Å². The number of aromatic amines is 1. The molecule has 7 heteroatoms. The number of nitrogens with one attached hydrogen (secondary N) is 1. The average molecular weight is 324 g/mol. The van der Waals surface area contributed by atoms with Crippen molar-refractivity contribution in [3.63, 3.8) is 0 Å². The summed E-state index contributed by atoms with van der Waals surface area (Å²) in [5.74, 6) is 0.282. The largest absolute Gasteiger partial charge is 0.338 e. The minimum atomic E-state index is 0.0000534. The van der Waals surface area contributed by atoms with E-state index in [0.717, 1.165) is 36.5 Å². The molecule has 0 spiro atoms. The van der Waals surface area contributed by atoms with Crippen LogP contribution in [0.25, 0.3) is 5.65 Å². The van der Waals surface area contributed by atoms with Gasteiger partial charge in [0.25, 0.3) is 5.91 Å². The highest BCUT2D eigenvalue weighted by Crippen LogP contribution is 2.27. The molecule has 3 aromatic rings. The molecule has 1 aliphatic heterocycles. The first-order valence-corrected chi connectivity index (χ1v) is 8.24. The molecule has 0 radical (unpaired) electrons. The number of carbonyl (C=O) groups is 1. The van der Waals surface area contributed by atoms with Gasteiger partial charge in [0.1, 0.15) is 5.56 Å². The van der Waals surface area contributed by atoms with Gasteiger partial charge in [-0.1, -0.05) is 0 Å². The summed E-state index contributed by atoms with van der Waals surface area (Å²) in [6.07, 6.45) is 5.49. The predicted octanol–water partition coefficient (Wildman–Crippen LogP) is 2.09. The maximum absolute atomic E-state index is 13.0. The van der Waals surface area contributed by atoms with Crippen LogP contribution < -0.4 is 0 Å². The molecule has 4 heterocycles. The summed E-state index contributed by atoms with van der Waals surface area (Å²) in [5, 5.41) is 11.6. The minimum Gasteiger partial charge on any atom is -0.338 e. The average Bonchev–Trinajstić information content (AvgIpc) is 3.20. The lowest BCUT2D eigenvalue weighted by atomic mass is 9.94. The summed E-state index contributed by atoms with van der Waals surface area (Å²) < 4.78 is 1.65. The van der Waals surface area contributed by atoms with E-state index in [0.29, 0.717) is 17.8 Å². The Labute approximate surface area is 139 Å². The van der Waals surface area contributed by atoms with Crippen LogP contribution in [0.3, 0.4) is 0 Å². The lowest BCUT2D eigenvalue weighted by Gasteiger charge is -2.31. The van der Waals surface area contributed by atoms with Crippen LogP contribution in [-0.2, 0) is 0 Å². The van der Waals surface area contributed by atoms with E-state index < -0.39 is 0 Å². The summed E-state index contributed by atoms with van der Waals surface area (Å²) in [5.41, 5.74) is 4.16. The Balaban J connectivity index is 1.60. The van der Waals surface area contributed by atoms with Crippen molar-refractivity contribution in [3.05, 3.63) is 47.2 Å². The molecule has 1 aliphatic rings. The number of hydrogen-bond acceptors (Lipinski definition) is 4. The molecule has 1 fully saturated rings. The van der Waals surface area contributed by atoms with E-state index in [1.165, 1.54) is 0 Å². The van der Waals surface area contributed by atoms with E-state index >= 15 is 0 Å². The fourth-order valence-electron chi connectivity index (χ4n) is 3.33. The van der Waals surface area contributed by atoms with Crippen molar-refractivity contribution in [1.29, 1.82) is 0 Å². The van der Waals surface area contributed by atoms with Crippen LogP contribution in [0.2, 0.25) is 0 Å². The Hall–Kier alpha value is -2.70. The highest BCUT2D eigenvalue weighted by molar-refractivity contribution is 5.99. The molecule has 1 amide bonds. The van der Waals surface area contributed by atoms with Crippen molar-refractivity contribution in [2.75, 3.05) is 13.1 Å². The second kappa shape index (κ2) is 5.74. The van der Waals surface area contributed by atoms with Crippen LogP contribution in [-0.4, -0.2) is 48.7 Å². The zero-order valence-corrected chi connectivity index (χ0v) is 13.9. The Morgan fingerprint density at radius 3 is 3.04 bits per heavy atom. The molecular formula is C17H20N6O. The van der Waals surface area contributed by atoms with Gasteiger partial charge in [0.05, 0.1) is 11.9 Å². The van der Waals surface area contributed by atoms with E-state index in [-0.39, 0.29) is 11.8 Å². The molecule has 0 unspecified atom stereocenters. The van der Waals surface area contributed by atoms with Crippen LogP contribution in [0.1, 0.15) is 46.2 Å². The monoisotopic (exact) mass is 324 g/mol. The number of fused-ring (bicyclic) bond motifs is 1. The van der Waals surface area contributed by atoms with Crippen molar-refractivity contribution < 1.29 is 4.79 Å². The number of likely N-dealkylation sites (tertiary alicyclic amines) is 1. The maximum atomic E-state index is 13.0. The first-order chi connectivity index (χ1) is 11.6. The van der Waals surface area contributed by atoms with Crippen molar-refractivity contribution in [2.24, 2.45) is 0 Å². The summed E-state index contributed by atoms with van der Waals surface area (Å²) in [7, 11) is 0. The molecule has 7 nitrogen and oxygen atoms in total. The fraction of sp³-hybridized carbons (Fsp3) is 0.412. The molecule has 124 valence electrons. The number of nitrogens with zero attached hydrogens (tertiary/aromatic N) is 5. The second-order valence-corrected chi connectivity index (χ2v) is 6.46. The van der Waals surface area contributed by atoms with E-state index in [4.69, 9.17) is 0 Å². The summed E-state index contributed by atoms with van der Waals surface area (Å²) in [6.45, 7) is 5.36. The molecular weight excluding hydrogens is 304 g/mol. The van der Waals surface area contributed by atoms with Crippen molar-refractivity contribution in [1.82, 2.24) is 29.7 Å². The number of H-pyrrole nitrogens is 1. The van der Waals surface area contributed by atoms with Crippen LogP contribution >= 0.6 is 0 Å². The number of aryl methyl sites for hydroxylation is 2. The summed E-state index contributed by atoms with van der Waals surface area (Å²) in [6, 6.07) is 3.95. The fourth-order valence-corrected chi connectivity index (χ4v) is 3.33. The van der Waals surface area contributed by atoms with Crippen molar-refractivity contribution in [2.45, 2.75) is 32.6 Å². The van der Waals surface area contributed by atoms with Gasteiger partial charge in [-0.25, -0.2) is 9.50 Å². The third-order valence-corrected chi connectivity index (χ3v) is 4.59. The lowest BCUT2D eigenvalue weighted by Crippen LogP contribution is -2.39. The van der Waals surface area contributed by atoms with Gasteiger partial charge in [0, 0.05) is 36.6 Å². The van der Waals surface area contributed by atoms with Gasteiger partial charge in [-0.15, -0.1) is 0 Å². The number of carbonyl (C=O) groups excluding carboxylic acids is 1. The lowest BCUT2D eigenvalue weighted by molar-refractivity contribution is 0.0707. The molecule has 0 saturated carbocycles. The van der Waals surface area contributed by atoms with Crippen LogP contribution in [0.15, 0.2) is 24.5 Å². The van der Waals surface area contributed by atoms with Gasteiger partial charge >= 0.3 is 0 Å². The smallest absolute Gasteiger partial charge is 0.259 e. The van der Waals surface area contributed by atoms with E-state index in [1.807, 2.05) is 31.0 Å². The zero-order valence-electron chi connectivity index (χ0n) is 13.9. The van der Waals surface area contributed by atoms with Gasteiger partial charge in [0.2, 0.25) is 0 Å². The molecule has 4 rings (SSSR count). The maximum Gasteiger partial charge on any atom is 0.259 e. The first kappa shape index (κ1) is 14.9. The Morgan fingerprint density at radius 1 is 1.38 bits per heavy atom. The second-order valence-electron chi connectivity index (χ2n) is 6.46. The van der Waals surface area contributed by atoms with Gasteiger partial charge < -0.3 is 4.90 Å². The molecule has 0 aromatic carbocycles. The third kappa shape index (κ3) is 2.55. The topological polar surface area (TPSA) is 79.2 Å².